The van der Waals surface area contributed by atoms with E-state index in [4.69, 9.17) is 10.5 Å². The van der Waals surface area contributed by atoms with Crippen molar-refractivity contribution in [2.45, 2.75) is 66.2 Å². The number of ether oxygens (including phenoxy) is 1. The molecule has 0 aliphatic carbocycles. The molecule has 2 nitrogen and oxygen atoms in total. The van der Waals surface area contributed by atoms with E-state index in [9.17, 15) is 0 Å². The van der Waals surface area contributed by atoms with Gasteiger partial charge in [-0.3, -0.25) is 0 Å². The first kappa shape index (κ1) is 18.0. The summed E-state index contributed by atoms with van der Waals surface area (Å²) in [7, 11) is 0. The van der Waals surface area contributed by atoms with Gasteiger partial charge in [0, 0.05) is 0 Å². The maximum absolute atomic E-state index is 6.06. The first-order chi connectivity index (χ1) is 9.69. The van der Waals surface area contributed by atoms with Crippen LogP contribution in [-0.2, 0) is 11.8 Å². The quantitative estimate of drug-likeness (QED) is 0.740. The fourth-order valence-corrected chi connectivity index (χ4v) is 2.34. The Morgan fingerprint density at radius 2 is 1.76 bits per heavy atom. The number of hydrogen-bond donors (Lipinski definition) is 1. The monoisotopic (exact) mass is 291 g/mol. The minimum atomic E-state index is 0.108. The number of benzene rings is 1. The Morgan fingerprint density at radius 3 is 2.29 bits per heavy atom. The third kappa shape index (κ3) is 5.70. The Balaban J connectivity index is 2.71. The van der Waals surface area contributed by atoms with Crippen molar-refractivity contribution in [2.75, 3.05) is 13.2 Å². The van der Waals surface area contributed by atoms with Gasteiger partial charge in [0.15, 0.2) is 0 Å². The molecule has 1 aromatic carbocycles. The van der Waals surface area contributed by atoms with Crippen molar-refractivity contribution in [3.05, 3.63) is 29.3 Å². The van der Waals surface area contributed by atoms with Crippen LogP contribution in [0.5, 0.6) is 5.75 Å². The third-order valence-corrected chi connectivity index (χ3v) is 4.07. The van der Waals surface area contributed by atoms with E-state index in [0.717, 1.165) is 38.2 Å². The molecule has 0 radical (unpaired) electrons. The highest BCUT2D eigenvalue weighted by atomic mass is 16.5. The summed E-state index contributed by atoms with van der Waals surface area (Å²) in [6, 6.07) is 6.60. The van der Waals surface area contributed by atoms with Crippen LogP contribution in [0.2, 0.25) is 0 Å². The lowest BCUT2D eigenvalue weighted by molar-refractivity contribution is 0.257. The number of hydrogen-bond acceptors (Lipinski definition) is 2. The Hall–Kier alpha value is -1.02. The fourth-order valence-electron chi connectivity index (χ4n) is 2.34. The molecule has 0 amide bonds. The van der Waals surface area contributed by atoms with E-state index in [1.165, 1.54) is 11.1 Å². The van der Waals surface area contributed by atoms with E-state index in [-0.39, 0.29) is 10.8 Å². The highest BCUT2D eigenvalue weighted by Crippen LogP contribution is 2.32. The molecular formula is C19H33NO. The molecule has 1 rings (SSSR count). The summed E-state index contributed by atoms with van der Waals surface area (Å²) in [4.78, 5) is 0. The number of nitrogens with two attached hydrogens (primary N) is 1. The summed E-state index contributed by atoms with van der Waals surface area (Å²) in [6.45, 7) is 14.8. The number of aryl methyl sites for hydroxylation is 1. The maximum Gasteiger partial charge on any atom is 0.123 e. The predicted octanol–water partition coefficient (Wildman–Crippen LogP) is 4.69. The molecule has 0 heterocycles. The van der Waals surface area contributed by atoms with Crippen molar-refractivity contribution < 1.29 is 4.74 Å². The van der Waals surface area contributed by atoms with Crippen LogP contribution in [0.1, 0.15) is 65.5 Å². The number of rotatable bonds is 7. The predicted molar refractivity (Wildman–Crippen MR) is 92.1 cm³/mol. The van der Waals surface area contributed by atoms with Gasteiger partial charge in [0.25, 0.3) is 0 Å². The molecule has 0 fully saturated rings. The second-order valence-electron chi connectivity index (χ2n) is 7.75. The van der Waals surface area contributed by atoms with Gasteiger partial charge in [-0.1, -0.05) is 53.7 Å². The lowest BCUT2D eigenvalue weighted by Crippen LogP contribution is -2.24. The second-order valence-corrected chi connectivity index (χ2v) is 7.75. The molecule has 0 aliphatic heterocycles. The smallest absolute Gasteiger partial charge is 0.123 e. The minimum absolute atomic E-state index is 0.108. The Morgan fingerprint density at radius 1 is 1.10 bits per heavy atom. The topological polar surface area (TPSA) is 35.2 Å². The first-order valence-electron chi connectivity index (χ1n) is 8.16. The van der Waals surface area contributed by atoms with E-state index < -0.39 is 0 Å². The molecule has 2 N–H and O–H groups in total. The van der Waals surface area contributed by atoms with Crippen molar-refractivity contribution in [3.63, 3.8) is 0 Å². The van der Waals surface area contributed by atoms with Crippen LogP contribution >= 0.6 is 0 Å². The normalized spacial score (nSPS) is 12.5. The van der Waals surface area contributed by atoms with Gasteiger partial charge >= 0.3 is 0 Å². The van der Waals surface area contributed by atoms with Gasteiger partial charge in [0.1, 0.15) is 5.75 Å². The van der Waals surface area contributed by atoms with E-state index >= 15 is 0 Å². The van der Waals surface area contributed by atoms with E-state index in [0.29, 0.717) is 0 Å². The standard InChI is InChI=1S/C19H33NO/c1-7-15-9-10-17(16(13-15)18(2,3)4)21-12-8-11-19(5,6)14-20/h9-10,13H,7-8,11-12,14,20H2,1-6H3. The van der Waals surface area contributed by atoms with Crippen LogP contribution in [0.15, 0.2) is 18.2 Å². The highest BCUT2D eigenvalue weighted by molar-refractivity contribution is 5.41. The summed E-state index contributed by atoms with van der Waals surface area (Å²) >= 11 is 0. The van der Waals surface area contributed by atoms with Crippen LogP contribution in [-0.4, -0.2) is 13.2 Å². The molecule has 0 bridgehead atoms. The Bertz CT molecular complexity index is 443. The van der Waals surface area contributed by atoms with Crippen molar-refractivity contribution >= 4 is 0 Å². The van der Waals surface area contributed by atoms with Gasteiger partial charge < -0.3 is 10.5 Å². The van der Waals surface area contributed by atoms with Gasteiger partial charge in [-0.05, 0) is 53.8 Å². The molecule has 0 saturated carbocycles. The summed E-state index contributed by atoms with van der Waals surface area (Å²) < 4.78 is 6.06. The van der Waals surface area contributed by atoms with Crippen LogP contribution in [0, 0.1) is 5.41 Å². The lowest BCUT2D eigenvalue weighted by Gasteiger charge is -2.25. The highest BCUT2D eigenvalue weighted by Gasteiger charge is 2.20. The first-order valence-corrected chi connectivity index (χ1v) is 8.16. The molecule has 0 unspecified atom stereocenters. The van der Waals surface area contributed by atoms with Crippen molar-refractivity contribution in [3.8, 4) is 5.75 Å². The molecule has 2 heteroatoms. The third-order valence-electron chi connectivity index (χ3n) is 4.07. The molecule has 0 atom stereocenters. The molecule has 1 aromatic rings. The van der Waals surface area contributed by atoms with Gasteiger partial charge in [0.05, 0.1) is 6.61 Å². The molecule has 120 valence electrons. The lowest BCUT2D eigenvalue weighted by atomic mass is 9.85. The fraction of sp³-hybridized carbons (Fsp3) is 0.684. The SMILES string of the molecule is CCc1ccc(OCCCC(C)(C)CN)c(C(C)(C)C)c1. The van der Waals surface area contributed by atoms with Crippen LogP contribution < -0.4 is 10.5 Å². The van der Waals surface area contributed by atoms with Gasteiger partial charge in [0.2, 0.25) is 0 Å². The summed E-state index contributed by atoms with van der Waals surface area (Å²) in [5, 5.41) is 0. The largest absolute Gasteiger partial charge is 0.493 e. The minimum Gasteiger partial charge on any atom is -0.493 e. The van der Waals surface area contributed by atoms with Gasteiger partial charge in [-0.2, -0.15) is 0 Å². The van der Waals surface area contributed by atoms with Crippen LogP contribution in [0.25, 0.3) is 0 Å². The molecule has 21 heavy (non-hydrogen) atoms. The van der Waals surface area contributed by atoms with Crippen molar-refractivity contribution in [1.82, 2.24) is 0 Å². The average molecular weight is 291 g/mol. The zero-order valence-corrected chi connectivity index (χ0v) is 14.8. The van der Waals surface area contributed by atoms with Crippen LogP contribution in [0.4, 0.5) is 0 Å². The molecule has 0 aromatic heterocycles. The molecule has 0 aliphatic rings. The zero-order chi connectivity index (χ0) is 16.1. The van der Waals surface area contributed by atoms with E-state index in [1.807, 2.05) is 0 Å². The molecule has 0 spiro atoms. The summed E-state index contributed by atoms with van der Waals surface area (Å²) in [6.07, 6.45) is 3.21. The zero-order valence-electron chi connectivity index (χ0n) is 14.8. The average Bonchev–Trinajstić information content (AvgIpc) is 2.42. The molecule has 0 saturated heterocycles. The Kier molecular flexibility index (Phi) is 6.27. The summed E-state index contributed by atoms with van der Waals surface area (Å²) in [5.41, 5.74) is 8.77. The second kappa shape index (κ2) is 7.31. The van der Waals surface area contributed by atoms with Crippen molar-refractivity contribution in [1.29, 1.82) is 0 Å². The van der Waals surface area contributed by atoms with E-state index in [2.05, 4.69) is 59.7 Å². The van der Waals surface area contributed by atoms with Gasteiger partial charge in [-0.15, -0.1) is 0 Å². The Labute approximate surface area is 131 Å². The van der Waals surface area contributed by atoms with E-state index in [1.54, 1.807) is 0 Å². The van der Waals surface area contributed by atoms with Crippen LogP contribution in [0.3, 0.4) is 0 Å². The van der Waals surface area contributed by atoms with Crippen molar-refractivity contribution in [2.24, 2.45) is 11.1 Å². The molecular weight excluding hydrogens is 258 g/mol. The maximum atomic E-state index is 6.06. The van der Waals surface area contributed by atoms with Gasteiger partial charge in [-0.25, -0.2) is 0 Å². The summed E-state index contributed by atoms with van der Waals surface area (Å²) in [5.74, 6) is 1.03.